The fourth-order valence-corrected chi connectivity index (χ4v) is 5.97. The number of allylic oxidation sites excluding steroid dienone is 4. The summed E-state index contributed by atoms with van der Waals surface area (Å²) in [6.07, 6.45) is 7.72. The molecule has 0 spiro atoms. The molecule has 0 atom stereocenters. The van der Waals surface area contributed by atoms with Crippen molar-refractivity contribution in [2.24, 2.45) is 0 Å². The third kappa shape index (κ3) is 5.53. The summed E-state index contributed by atoms with van der Waals surface area (Å²) < 4.78 is 5.49. The first-order chi connectivity index (χ1) is 18.4. The van der Waals surface area contributed by atoms with E-state index in [1.807, 2.05) is 61.5 Å². The van der Waals surface area contributed by atoms with Crippen LogP contribution in [0, 0.1) is 6.92 Å². The second-order valence-electron chi connectivity index (χ2n) is 9.50. The highest BCUT2D eigenvalue weighted by atomic mass is 32.2. The number of aryl methyl sites for hydroxylation is 1. The Morgan fingerprint density at radius 2 is 1.76 bits per heavy atom. The lowest BCUT2D eigenvalue weighted by atomic mass is 10.0. The van der Waals surface area contributed by atoms with Crippen LogP contribution in [0.15, 0.2) is 115 Å². The van der Waals surface area contributed by atoms with Crippen LogP contribution in [0.4, 0.5) is 0 Å². The summed E-state index contributed by atoms with van der Waals surface area (Å²) in [6.45, 7) is 8.10. The molecule has 0 bridgehead atoms. The van der Waals surface area contributed by atoms with Gasteiger partial charge in [0.15, 0.2) is 5.78 Å². The van der Waals surface area contributed by atoms with E-state index in [1.165, 1.54) is 11.6 Å². The van der Waals surface area contributed by atoms with Gasteiger partial charge in [-0.25, -0.2) is 4.79 Å². The van der Waals surface area contributed by atoms with E-state index >= 15 is 0 Å². The Bertz CT molecular complexity index is 1670. The number of hydrogen-bond acceptors (Lipinski definition) is 5. The van der Waals surface area contributed by atoms with Gasteiger partial charge in [-0.3, -0.25) is 4.79 Å². The fourth-order valence-electron chi connectivity index (χ4n) is 4.84. The van der Waals surface area contributed by atoms with Gasteiger partial charge in [-0.05, 0) is 91.4 Å². The summed E-state index contributed by atoms with van der Waals surface area (Å²) >= 11 is 1.67. The molecule has 0 fully saturated rings. The van der Waals surface area contributed by atoms with Crippen LogP contribution in [0.1, 0.15) is 42.6 Å². The molecule has 5 rings (SSSR count). The maximum atomic E-state index is 13.1. The summed E-state index contributed by atoms with van der Waals surface area (Å²) in [6, 6.07) is 21.5. The summed E-state index contributed by atoms with van der Waals surface area (Å²) in [5.74, 6) is -0.00303. The molecule has 0 radical (unpaired) electrons. The highest BCUT2D eigenvalue weighted by Gasteiger charge is 2.21. The van der Waals surface area contributed by atoms with Crippen molar-refractivity contribution < 1.29 is 9.21 Å². The number of benzene rings is 3. The van der Waals surface area contributed by atoms with E-state index in [-0.39, 0.29) is 11.4 Å². The highest BCUT2D eigenvalue weighted by molar-refractivity contribution is 8.03. The summed E-state index contributed by atoms with van der Waals surface area (Å²) in [5.41, 5.74) is 4.26. The number of carbonyl (C=O) groups is 1. The minimum absolute atomic E-state index is 0.00303. The second kappa shape index (κ2) is 11.3. The Kier molecular flexibility index (Phi) is 7.66. The van der Waals surface area contributed by atoms with E-state index in [0.717, 1.165) is 63.0 Å². The van der Waals surface area contributed by atoms with Crippen LogP contribution in [0.25, 0.3) is 21.7 Å². The topological polar surface area (TPSA) is 50.5 Å². The van der Waals surface area contributed by atoms with Gasteiger partial charge >= 0.3 is 5.63 Å². The lowest BCUT2D eigenvalue weighted by Crippen LogP contribution is -2.16. The van der Waals surface area contributed by atoms with Crippen molar-refractivity contribution in [1.29, 1.82) is 0 Å². The molecule has 0 unspecified atom stereocenters. The Labute approximate surface area is 227 Å². The van der Waals surface area contributed by atoms with Gasteiger partial charge in [0, 0.05) is 46.1 Å². The number of carbonyl (C=O) groups excluding carboxylic acids is 1. The summed E-state index contributed by atoms with van der Waals surface area (Å²) in [5, 5.41) is 3.12. The van der Waals surface area contributed by atoms with Crippen LogP contribution in [-0.2, 0) is 0 Å². The molecule has 1 aromatic heterocycles. The molecule has 0 aliphatic heterocycles. The van der Waals surface area contributed by atoms with Gasteiger partial charge < -0.3 is 9.32 Å². The third-order valence-corrected chi connectivity index (χ3v) is 8.23. The molecule has 0 saturated heterocycles. The Balaban J connectivity index is 1.49. The lowest BCUT2D eigenvalue weighted by Gasteiger charge is -2.18. The first-order valence-corrected chi connectivity index (χ1v) is 13.9. The molecule has 3 aromatic carbocycles. The van der Waals surface area contributed by atoms with Crippen molar-refractivity contribution in [3.8, 4) is 0 Å². The second-order valence-corrected chi connectivity index (χ2v) is 10.6. The van der Waals surface area contributed by atoms with Gasteiger partial charge in [0.25, 0.3) is 0 Å². The molecule has 0 saturated carbocycles. The van der Waals surface area contributed by atoms with Crippen molar-refractivity contribution in [3.63, 3.8) is 0 Å². The van der Waals surface area contributed by atoms with E-state index in [2.05, 4.69) is 37.1 Å². The Hall–Kier alpha value is -3.83. The minimum atomic E-state index is -0.338. The van der Waals surface area contributed by atoms with E-state index in [0.29, 0.717) is 11.1 Å². The van der Waals surface area contributed by atoms with Crippen molar-refractivity contribution in [1.82, 2.24) is 4.90 Å². The van der Waals surface area contributed by atoms with E-state index in [4.69, 9.17) is 4.42 Å². The van der Waals surface area contributed by atoms with Crippen LogP contribution in [0.5, 0.6) is 0 Å². The third-order valence-electron chi connectivity index (χ3n) is 7.01. The molecule has 5 heteroatoms. The molecular formula is C33H31NO3S. The van der Waals surface area contributed by atoms with Crippen LogP contribution in [0.2, 0.25) is 0 Å². The molecule has 4 nitrogen and oxygen atoms in total. The molecular weight excluding hydrogens is 490 g/mol. The smallest absolute Gasteiger partial charge is 0.336 e. The zero-order chi connectivity index (χ0) is 26.6. The van der Waals surface area contributed by atoms with E-state index < -0.39 is 0 Å². The molecule has 1 aliphatic rings. The summed E-state index contributed by atoms with van der Waals surface area (Å²) in [4.78, 5) is 29.5. The predicted molar refractivity (Wildman–Crippen MR) is 158 cm³/mol. The Morgan fingerprint density at radius 3 is 2.55 bits per heavy atom. The minimum Gasteiger partial charge on any atom is -0.423 e. The SMILES string of the molecule is CCN(/C=C1\CCC(/C=C/C(=O)c2ccc3ccccc3c2)=C1Sc1ccc2c(C)cc(=O)oc2c1)CC. The zero-order valence-electron chi connectivity index (χ0n) is 22.0. The monoisotopic (exact) mass is 521 g/mol. The number of hydrogen-bond donors (Lipinski definition) is 0. The van der Waals surface area contributed by atoms with Crippen LogP contribution >= 0.6 is 11.8 Å². The normalized spacial score (nSPS) is 14.9. The van der Waals surface area contributed by atoms with Crippen molar-refractivity contribution in [3.05, 3.63) is 123 Å². The van der Waals surface area contributed by atoms with E-state index in [1.54, 1.807) is 17.8 Å². The van der Waals surface area contributed by atoms with Crippen LogP contribution < -0.4 is 5.63 Å². The summed E-state index contributed by atoms with van der Waals surface area (Å²) in [7, 11) is 0. The quantitative estimate of drug-likeness (QED) is 0.133. The average Bonchev–Trinajstić information content (AvgIpc) is 3.30. The molecule has 0 amide bonds. The number of fused-ring (bicyclic) bond motifs is 2. The van der Waals surface area contributed by atoms with Crippen LogP contribution in [-0.4, -0.2) is 23.8 Å². The molecule has 38 heavy (non-hydrogen) atoms. The first-order valence-electron chi connectivity index (χ1n) is 13.1. The number of ketones is 1. The molecule has 1 heterocycles. The highest BCUT2D eigenvalue weighted by Crippen LogP contribution is 2.43. The fraction of sp³-hybridized carbons (Fsp3) is 0.212. The maximum Gasteiger partial charge on any atom is 0.336 e. The average molecular weight is 522 g/mol. The van der Waals surface area contributed by atoms with Crippen molar-refractivity contribution in [2.45, 2.75) is 38.5 Å². The van der Waals surface area contributed by atoms with Gasteiger partial charge in [-0.15, -0.1) is 0 Å². The Morgan fingerprint density at radius 1 is 0.974 bits per heavy atom. The van der Waals surface area contributed by atoms with Gasteiger partial charge in [0.1, 0.15) is 5.58 Å². The van der Waals surface area contributed by atoms with Gasteiger partial charge in [-0.2, -0.15) is 0 Å². The number of nitrogens with zero attached hydrogens (tertiary/aromatic N) is 1. The van der Waals surface area contributed by atoms with Gasteiger partial charge in [-0.1, -0.05) is 54.2 Å². The zero-order valence-corrected chi connectivity index (χ0v) is 22.8. The number of rotatable bonds is 8. The maximum absolute atomic E-state index is 13.1. The van der Waals surface area contributed by atoms with Crippen molar-refractivity contribution >= 4 is 39.3 Å². The molecule has 4 aromatic rings. The van der Waals surface area contributed by atoms with Crippen LogP contribution in [0.3, 0.4) is 0 Å². The molecule has 192 valence electrons. The first kappa shape index (κ1) is 25.8. The van der Waals surface area contributed by atoms with Gasteiger partial charge in [0.2, 0.25) is 0 Å². The molecule has 1 aliphatic carbocycles. The standard InChI is InChI=1S/C33H31NO3S/c1-4-34(5-2)21-27-13-11-24(14-17-30(35)26-12-10-23-8-6-7-9-25(23)19-26)33(27)38-28-15-16-29-22(3)18-32(36)37-31(29)20-28/h6-10,12,14-21H,4-5,11,13H2,1-3H3/b17-14+,27-21+. The van der Waals surface area contributed by atoms with Crippen molar-refractivity contribution in [2.75, 3.05) is 13.1 Å². The van der Waals surface area contributed by atoms with E-state index in [9.17, 15) is 9.59 Å². The van der Waals surface area contributed by atoms with Gasteiger partial charge in [0.05, 0.1) is 0 Å². The predicted octanol–water partition coefficient (Wildman–Crippen LogP) is 8.06. The number of thioether (sulfide) groups is 1. The molecule has 0 N–H and O–H groups in total. The lowest BCUT2D eigenvalue weighted by molar-refractivity contribution is 0.104. The largest absolute Gasteiger partial charge is 0.423 e.